The number of hydrogen-bond acceptors (Lipinski definition) is 5. The van der Waals surface area contributed by atoms with Crippen molar-refractivity contribution >= 4 is 28.5 Å². The molecular formula is C19H19ClN4O2. The van der Waals surface area contributed by atoms with Gasteiger partial charge in [0.2, 0.25) is 0 Å². The molecule has 1 N–H and O–H groups in total. The molecule has 0 aliphatic heterocycles. The molecule has 1 aromatic carbocycles. The molecule has 0 fully saturated rings. The minimum Gasteiger partial charge on any atom is -0.462 e. The van der Waals surface area contributed by atoms with Gasteiger partial charge in [0.15, 0.2) is 0 Å². The van der Waals surface area contributed by atoms with Crippen LogP contribution in [0.15, 0.2) is 49.3 Å². The molecular weight excluding hydrogens is 352 g/mol. The maximum absolute atomic E-state index is 12.3. The number of nitrogens with zero attached hydrogens (tertiary/aromatic N) is 3. The van der Waals surface area contributed by atoms with E-state index < -0.39 is 5.97 Å². The maximum Gasteiger partial charge on any atom is 0.341 e. The predicted molar refractivity (Wildman–Crippen MR) is 102 cm³/mol. The lowest BCUT2D eigenvalue weighted by molar-refractivity contribution is 0.0525. The zero-order chi connectivity index (χ0) is 18.5. The van der Waals surface area contributed by atoms with E-state index in [1.165, 1.54) is 6.20 Å². The van der Waals surface area contributed by atoms with Gasteiger partial charge in [-0.25, -0.2) is 9.48 Å². The van der Waals surface area contributed by atoms with Crippen molar-refractivity contribution in [1.82, 2.24) is 20.1 Å². The Labute approximate surface area is 156 Å². The molecule has 3 aromatic rings. The quantitative estimate of drug-likeness (QED) is 0.391. The average molecular weight is 371 g/mol. The summed E-state index contributed by atoms with van der Waals surface area (Å²) in [6, 6.07) is 7.36. The fraction of sp³-hybridized carbons (Fsp3) is 0.211. The third-order valence-corrected chi connectivity index (χ3v) is 4.09. The molecule has 0 aliphatic rings. The van der Waals surface area contributed by atoms with Gasteiger partial charge >= 0.3 is 5.97 Å². The molecule has 2 aromatic heterocycles. The summed E-state index contributed by atoms with van der Waals surface area (Å²) < 4.78 is 6.89. The molecule has 0 amide bonds. The van der Waals surface area contributed by atoms with E-state index in [-0.39, 0.29) is 0 Å². The number of rotatable bonds is 7. The first-order valence-corrected chi connectivity index (χ1v) is 8.63. The van der Waals surface area contributed by atoms with Crippen molar-refractivity contribution in [2.45, 2.75) is 13.5 Å². The number of ether oxygens (including phenoxy) is 1. The molecule has 26 heavy (non-hydrogen) atoms. The van der Waals surface area contributed by atoms with E-state index in [0.29, 0.717) is 36.0 Å². The van der Waals surface area contributed by atoms with Crippen LogP contribution >= 0.6 is 11.6 Å². The number of benzene rings is 1. The standard InChI is InChI=1S/C19H19ClN4O2/c1-3-8-21-12-18-15(19(25)26-4-2)11-23-24(18)17-7-9-22-16-10-13(20)5-6-14(16)17/h3,5-7,9-11,21H,1,4,8,12H2,2H3. The van der Waals surface area contributed by atoms with E-state index in [0.717, 1.165) is 16.6 Å². The first-order valence-electron chi connectivity index (χ1n) is 8.26. The molecule has 6 nitrogen and oxygen atoms in total. The van der Waals surface area contributed by atoms with Crippen LogP contribution in [0.2, 0.25) is 5.02 Å². The molecule has 0 aliphatic carbocycles. The topological polar surface area (TPSA) is 69.0 Å². The van der Waals surface area contributed by atoms with Gasteiger partial charge in [-0.05, 0) is 31.2 Å². The van der Waals surface area contributed by atoms with Crippen LogP contribution in [0.1, 0.15) is 23.0 Å². The molecule has 2 heterocycles. The molecule has 0 radical (unpaired) electrons. The summed E-state index contributed by atoms with van der Waals surface area (Å²) in [6.45, 7) is 6.83. The van der Waals surface area contributed by atoms with Crippen molar-refractivity contribution in [3.63, 3.8) is 0 Å². The summed E-state index contributed by atoms with van der Waals surface area (Å²) in [4.78, 5) is 16.7. The van der Waals surface area contributed by atoms with E-state index in [9.17, 15) is 4.79 Å². The van der Waals surface area contributed by atoms with Crippen LogP contribution in [0.5, 0.6) is 0 Å². The summed E-state index contributed by atoms with van der Waals surface area (Å²) >= 11 is 6.07. The van der Waals surface area contributed by atoms with Gasteiger partial charge < -0.3 is 10.1 Å². The van der Waals surface area contributed by atoms with Gasteiger partial charge in [0, 0.05) is 29.7 Å². The number of fused-ring (bicyclic) bond motifs is 1. The van der Waals surface area contributed by atoms with Crippen molar-refractivity contribution in [1.29, 1.82) is 0 Å². The van der Waals surface area contributed by atoms with E-state index in [2.05, 4.69) is 22.0 Å². The Morgan fingerprint density at radius 1 is 1.42 bits per heavy atom. The Hall–Kier alpha value is -2.70. The summed E-state index contributed by atoms with van der Waals surface area (Å²) in [5, 5.41) is 9.15. The van der Waals surface area contributed by atoms with Gasteiger partial charge in [0.05, 0.1) is 29.7 Å². The van der Waals surface area contributed by atoms with E-state index >= 15 is 0 Å². The molecule has 0 spiro atoms. The van der Waals surface area contributed by atoms with Crippen molar-refractivity contribution in [2.75, 3.05) is 13.2 Å². The second-order valence-corrected chi connectivity index (χ2v) is 5.98. The number of esters is 1. The number of nitrogens with one attached hydrogen (secondary N) is 1. The first-order chi connectivity index (χ1) is 12.7. The summed E-state index contributed by atoms with van der Waals surface area (Å²) in [5.74, 6) is -0.393. The van der Waals surface area contributed by atoms with E-state index in [4.69, 9.17) is 16.3 Å². The normalized spacial score (nSPS) is 10.8. The number of halogens is 1. The van der Waals surface area contributed by atoms with Gasteiger partial charge in [-0.15, -0.1) is 6.58 Å². The van der Waals surface area contributed by atoms with Crippen molar-refractivity contribution in [3.8, 4) is 5.69 Å². The summed E-state index contributed by atoms with van der Waals surface area (Å²) in [5.41, 5.74) is 2.72. The zero-order valence-electron chi connectivity index (χ0n) is 14.4. The van der Waals surface area contributed by atoms with E-state index in [1.54, 1.807) is 36.0 Å². The van der Waals surface area contributed by atoms with Gasteiger partial charge in [-0.1, -0.05) is 17.7 Å². The highest BCUT2D eigenvalue weighted by Crippen LogP contribution is 2.25. The Kier molecular flexibility index (Phi) is 5.65. The van der Waals surface area contributed by atoms with Gasteiger partial charge in [0.25, 0.3) is 0 Å². The van der Waals surface area contributed by atoms with Crippen LogP contribution in [-0.2, 0) is 11.3 Å². The van der Waals surface area contributed by atoms with Crippen molar-refractivity contribution in [3.05, 3.63) is 65.6 Å². The van der Waals surface area contributed by atoms with Gasteiger partial charge in [-0.3, -0.25) is 4.98 Å². The number of pyridine rings is 1. The van der Waals surface area contributed by atoms with E-state index in [1.807, 2.05) is 12.1 Å². The summed E-state index contributed by atoms with van der Waals surface area (Å²) in [6.07, 6.45) is 4.99. The maximum atomic E-state index is 12.3. The Morgan fingerprint density at radius 2 is 2.27 bits per heavy atom. The monoisotopic (exact) mass is 370 g/mol. The molecule has 0 saturated carbocycles. The third-order valence-electron chi connectivity index (χ3n) is 3.86. The molecule has 134 valence electrons. The highest BCUT2D eigenvalue weighted by Gasteiger charge is 2.20. The van der Waals surface area contributed by atoms with Crippen LogP contribution in [0.4, 0.5) is 0 Å². The fourth-order valence-corrected chi connectivity index (χ4v) is 2.88. The smallest absolute Gasteiger partial charge is 0.341 e. The second-order valence-electron chi connectivity index (χ2n) is 5.55. The number of aromatic nitrogens is 3. The highest BCUT2D eigenvalue weighted by molar-refractivity contribution is 6.31. The van der Waals surface area contributed by atoms with Gasteiger partial charge in [-0.2, -0.15) is 5.10 Å². The molecule has 3 rings (SSSR count). The second kappa shape index (κ2) is 8.12. The zero-order valence-corrected chi connectivity index (χ0v) is 15.2. The Morgan fingerprint density at radius 3 is 3.04 bits per heavy atom. The first kappa shape index (κ1) is 18.1. The van der Waals surface area contributed by atoms with Crippen molar-refractivity contribution in [2.24, 2.45) is 0 Å². The lowest BCUT2D eigenvalue weighted by atomic mass is 10.1. The molecule has 0 atom stereocenters. The number of carbonyl (C=O) groups excluding carboxylic acids is 1. The largest absolute Gasteiger partial charge is 0.462 e. The van der Waals surface area contributed by atoms with Gasteiger partial charge in [0.1, 0.15) is 5.56 Å². The fourth-order valence-electron chi connectivity index (χ4n) is 2.71. The molecule has 7 heteroatoms. The lowest BCUT2D eigenvalue weighted by Gasteiger charge is -2.12. The number of carbonyl (C=O) groups is 1. The predicted octanol–water partition coefficient (Wildman–Crippen LogP) is 3.53. The van der Waals surface area contributed by atoms with Crippen molar-refractivity contribution < 1.29 is 9.53 Å². The number of hydrogen-bond donors (Lipinski definition) is 1. The Bertz CT molecular complexity index is 952. The third kappa shape index (κ3) is 3.61. The molecule has 0 bridgehead atoms. The average Bonchev–Trinajstić information content (AvgIpc) is 3.05. The lowest BCUT2D eigenvalue weighted by Crippen LogP contribution is -2.19. The minimum atomic E-state index is -0.393. The van der Waals surface area contributed by atoms with Crippen LogP contribution in [0.3, 0.4) is 0 Å². The Balaban J connectivity index is 2.12. The molecule has 0 unspecified atom stereocenters. The summed E-state index contributed by atoms with van der Waals surface area (Å²) in [7, 11) is 0. The molecule has 0 saturated heterocycles. The minimum absolute atomic E-state index is 0.306. The van der Waals surface area contributed by atoms with Crippen LogP contribution in [0.25, 0.3) is 16.6 Å². The van der Waals surface area contributed by atoms with Crippen LogP contribution in [0, 0.1) is 0 Å². The van der Waals surface area contributed by atoms with Crippen LogP contribution < -0.4 is 5.32 Å². The van der Waals surface area contributed by atoms with Crippen LogP contribution in [-0.4, -0.2) is 33.9 Å². The SMILES string of the molecule is C=CCNCc1c(C(=O)OCC)cnn1-c1ccnc2cc(Cl)ccc12. The highest BCUT2D eigenvalue weighted by atomic mass is 35.5.